The Hall–Kier alpha value is -3.84. The molecule has 1 amide bonds. The quantitative estimate of drug-likeness (QED) is 0.193. The van der Waals surface area contributed by atoms with Gasteiger partial charge in [0.25, 0.3) is 5.56 Å². The first kappa shape index (κ1) is 27.7. The van der Waals surface area contributed by atoms with Crippen LogP contribution in [0.25, 0.3) is 21.8 Å². The summed E-state index contributed by atoms with van der Waals surface area (Å²) >= 11 is 3.60. The Morgan fingerprint density at radius 2 is 1.73 bits per heavy atom. The topological polar surface area (TPSA) is 87.1 Å². The molecule has 7 heteroatoms. The maximum absolute atomic E-state index is 14.0. The minimum absolute atomic E-state index is 0.0125. The fourth-order valence-corrected chi connectivity index (χ4v) is 5.95. The molecule has 0 spiro atoms. The van der Waals surface area contributed by atoms with Gasteiger partial charge in [0.15, 0.2) is 0 Å². The van der Waals surface area contributed by atoms with E-state index >= 15 is 0 Å². The van der Waals surface area contributed by atoms with Gasteiger partial charge in [0.2, 0.25) is 5.91 Å². The lowest BCUT2D eigenvalue weighted by atomic mass is 9.85. The molecule has 6 nitrogen and oxygen atoms in total. The van der Waals surface area contributed by atoms with Crippen LogP contribution in [-0.4, -0.2) is 27.1 Å². The van der Waals surface area contributed by atoms with Crippen LogP contribution in [0.2, 0.25) is 0 Å². The number of H-pyrrole nitrogens is 1. The average molecular weight is 601 g/mol. The number of carbonyl (C=O) groups is 1. The van der Waals surface area contributed by atoms with E-state index in [0.717, 1.165) is 32.2 Å². The van der Waals surface area contributed by atoms with Gasteiger partial charge in [0.05, 0.1) is 17.0 Å². The van der Waals surface area contributed by atoms with Crippen LogP contribution in [0.1, 0.15) is 55.5 Å². The van der Waals surface area contributed by atoms with Crippen LogP contribution in [0.5, 0.6) is 5.75 Å². The minimum atomic E-state index is -0.575. The van der Waals surface area contributed by atoms with Crippen molar-refractivity contribution in [1.29, 1.82) is 0 Å². The smallest absolute Gasteiger partial charge is 0.258 e. The van der Waals surface area contributed by atoms with Crippen molar-refractivity contribution in [2.75, 3.05) is 6.54 Å². The third-order valence-electron chi connectivity index (χ3n) is 7.30. The van der Waals surface area contributed by atoms with Gasteiger partial charge >= 0.3 is 0 Å². The van der Waals surface area contributed by atoms with Gasteiger partial charge in [0, 0.05) is 46.5 Å². The van der Waals surface area contributed by atoms with Gasteiger partial charge in [-0.3, -0.25) is 9.59 Å². The summed E-state index contributed by atoms with van der Waals surface area (Å²) in [6, 6.07) is 23.2. The van der Waals surface area contributed by atoms with Crippen molar-refractivity contribution in [1.82, 2.24) is 14.9 Å². The summed E-state index contributed by atoms with van der Waals surface area (Å²) in [6.45, 7) is 6.59. The molecule has 0 aliphatic carbocycles. The number of fused-ring (bicyclic) bond motifs is 2. The highest BCUT2D eigenvalue weighted by atomic mass is 79.9. The van der Waals surface area contributed by atoms with Gasteiger partial charge in [-0.15, -0.1) is 0 Å². The SMILES string of the molecule is Cn1c(=O)c(C(c2cccc(Br)c2)c2[nH]c3ccccc3c2CCNC(=O)CC(C)(C)C)c(O)c2ccccc21. The first-order valence-electron chi connectivity index (χ1n) is 13.5. The lowest BCUT2D eigenvalue weighted by molar-refractivity contribution is -0.122. The number of pyridine rings is 1. The second-order valence-corrected chi connectivity index (χ2v) is 12.4. The Kier molecular flexibility index (Phi) is 7.60. The van der Waals surface area contributed by atoms with Gasteiger partial charge in [-0.25, -0.2) is 0 Å². The van der Waals surface area contributed by atoms with Crippen molar-refractivity contribution in [3.8, 4) is 5.75 Å². The monoisotopic (exact) mass is 599 g/mol. The fourth-order valence-electron chi connectivity index (χ4n) is 5.53. The van der Waals surface area contributed by atoms with Crippen molar-refractivity contribution in [3.05, 3.63) is 110 Å². The zero-order chi connectivity index (χ0) is 28.6. The van der Waals surface area contributed by atoms with Crippen molar-refractivity contribution < 1.29 is 9.90 Å². The number of para-hydroxylation sites is 2. The minimum Gasteiger partial charge on any atom is -0.507 e. The number of amides is 1. The van der Waals surface area contributed by atoms with Gasteiger partial charge in [-0.05, 0) is 53.3 Å². The molecule has 0 aliphatic rings. The van der Waals surface area contributed by atoms with E-state index in [-0.39, 0.29) is 22.6 Å². The van der Waals surface area contributed by atoms with Crippen LogP contribution in [0.15, 0.2) is 82.1 Å². The summed E-state index contributed by atoms with van der Waals surface area (Å²) < 4.78 is 2.48. The van der Waals surface area contributed by atoms with Crippen LogP contribution in [0.3, 0.4) is 0 Å². The maximum Gasteiger partial charge on any atom is 0.258 e. The van der Waals surface area contributed by atoms with Crippen LogP contribution >= 0.6 is 15.9 Å². The summed E-state index contributed by atoms with van der Waals surface area (Å²) in [6.07, 6.45) is 1.00. The van der Waals surface area contributed by atoms with Crippen molar-refractivity contribution >= 4 is 43.6 Å². The van der Waals surface area contributed by atoms with Crippen molar-refractivity contribution in [2.24, 2.45) is 12.5 Å². The number of nitrogens with one attached hydrogen (secondary N) is 2. The van der Waals surface area contributed by atoms with E-state index in [0.29, 0.717) is 35.9 Å². The molecule has 0 bridgehead atoms. The first-order chi connectivity index (χ1) is 19.0. The van der Waals surface area contributed by atoms with E-state index < -0.39 is 5.92 Å². The maximum atomic E-state index is 14.0. The lowest BCUT2D eigenvalue weighted by Gasteiger charge is -2.22. The second-order valence-electron chi connectivity index (χ2n) is 11.5. The number of hydrogen-bond donors (Lipinski definition) is 3. The molecular weight excluding hydrogens is 566 g/mol. The highest BCUT2D eigenvalue weighted by molar-refractivity contribution is 9.10. The summed E-state index contributed by atoms with van der Waals surface area (Å²) in [5, 5.41) is 16.4. The summed E-state index contributed by atoms with van der Waals surface area (Å²) in [4.78, 5) is 30.2. The normalized spacial score (nSPS) is 12.6. The number of halogens is 1. The first-order valence-corrected chi connectivity index (χ1v) is 14.3. The molecule has 3 N–H and O–H groups in total. The molecule has 5 aromatic rings. The Morgan fingerprint density at radius 1 is 1.02 bits per heavy atom. The molecule has 2 aromatic heterocycles. The molecule has 0 saturated carbocycles. The zero-order valence-electron chi connectivity index (χ0n) is 23.2. The number of nitrogens with zero attached hydrogens (tertiary/aromatic N) is 1. The highest BCUT2D eigenvalue weighted by Crippen LogP contribution is 2.41. The lowest BCUT2D eigenvalue weighted by Crippen LogP contribution is -2.29. The van der Waals surface area contributed by atoms with Crippen LogP contribution in [0.4, 0.5) is 0 Å². The number of aromatic hydroxyl groups is 1. The molecule has 1 atom stereocenters. The number of carbonyl (C=O) groups excluding carboxylic acids is 1. The van der Waals surface area contributed by atoms with Crippen LogP contribution < -0.4 is 10.9 Å². The standard InChI is InChI=1S/C33H34BrN3O3/c1-33(2,3)19-27(38)35-17-16-23-22-12-5-7-14-25(22)36-30(23)28(20-10-9-11-21(34)18-20)29-31(39)24-13-6-8-15-26(24)37(4)32(29)40/h5-15,18,28,36,39H,16-17,19H2,1-4H3,(H,35,38). The number of rotatable bonds is 7. The van der Waals surface area contributed by atoms with E-state index in [2.05, 4.69) is 32.3 Å². The van der Waals surface area contributed by atoms with E-state index in [9.17, 15) is 14.7 Å². The number of benzene rings is 3. The van der Waals surface area contributed by atoms with E-state index in [1.54, 1.807) is 11.6 Å². The average Bonchev–Trinajstić information content (AvgIpc) is 3.26. The third-order valence-corrected chi connectivity index (χ3v) is 7.80. The van der Waals surface area contributed by atoms with Crippen LogP contribution in [0, 0.1) is 5.41 Å². The molecule has 0 fully saturated rings. The number of aryl methyl sites for hydroxylation is 1. The number of aromatic nitrogens is 2. The van der Waals surface area contributed by atoms with Crippen LogP contribution in [-0.2, 0) is 18.3 Å². The predicted molar refractivity (Wildman–Crippen MR) is 165 cm³/mol. The second kappa shape index (κ2) is 11.0. The molecule has 3 aromatic carbocycles. The highest BCUT2D eigenvalue weighted by Gasteiger charge is 2.30. The molecule has 40 heavy (non-hydrogen) atoms. The molecule has 1 unspecified atom stereocenters. The fraction of sp³-hybridized carbons (Fsp3) is 0.273. The van der Waals surface area contributed by atoms with E-state index in [1.165, 1.54) is 0 Å². The van der Waals surface area contributed by atoms with E-state index in [4.69, 9.17) is 0 Å². The molecule has 2 heterocycles. The van der Waals surface area contributed by atoms with E-state index in [1.807, 2.05) is 87.5 Å². The Bertz CT molecular complexity index is 1780. The number of aromatic amines is 1. The summed E-state index contributed by atoms with van der Waals surface area (Å²) in [5.41, 5.74) is 4.24. The Balaban J connectivity index is 1.70. The third kappa shape index (κ3) is 5.43. The van der Waals surface area contributed by atoms with Gasteiger partial charge < -0.3 is 20.0 Å². The largest absolute Gasteiger partial charge is 0.507 e. The molecule has 0 aliphatic heterocycles. The van der Waals surface area contributed by atoms with Gasteiger partial charge in [-0.2, -0.15) is 0 Å². The van der Waals surface area contributed by atoms with Crippen molar-refractivity contribution in [2.45, 2.75) is 39.5 Å². The Labute approximate surface area is 242 Å². The Morgan fingerprint density at radius 3 is 2.45 bits per heavy atom. The zero-order valence-corrected chi connectivity index (χ0v) is 24.8. The molecule has 5 rings (SSSR count). The molecule has 0 saturated heterocycles. The predicted octanol–water partition coefficient (Wildman–Crippen LogP) is 6.76. The summed E-state index contributed by atoms with van der Waals surface area (Å²) in [7, 11) is 1.74. The van der Waals surface area contributed by atoms with Gasteiger partial charge in [-0.1, -0.05) is 79.2 Å². The summed E-state index contributed by atoms with van der Waals surface area (Å²) in [5.74, 6) is -0.585. The molecule has 0 radical (unpaired) electrons. The van der Waals surface area contributed by atoms with Gasteiger partial charge in [0.1, 0.15) is 5.75 Å². The van der Waals surface area contributed by atoms with Crippen molar-refractivity contribution in [3.63, 3.8) is 0 Å². The molecule has 206 valence electrons. The number of hydrogen-bond acceptors (Lipinski definition) is 3. The molecular formula is C33H34BrN3O3.